The second-order valence-electron chi connectivity index (χ2n) is 7.97. The number of aliphatic carboxylic acids is 2. The van der Waals surface area contributed by atoms with E-state index in [-0.39, 0.29) is 19.4 Å². The molecule has 0 heterocycles. The maximum atomic E-state index is 12.8. The molecular weight excluding hydrogens is 434 g/mol. The highest BCUT2D eigenvalue weighted by atomic mass is 16.5. The Morgan fingerprint density at radius 3 is 1.94 bits per heavy atom. The molecule has 0 aliphatic heterocycles. The number of benzene rings is 3. The minimum Gasteiger partial charge on any atom is -0.493 e. The number of nitrogens with one attached hydrogen (secondary N) is 1. The SMILES string of the molecule is O=C(O)CNC(=O)[C@H](Cc1ccc(-c2ccccc2)cc1)C[C@@H](COc1ccccc1)C(=O)O. The lowest BCUT2D eigenvalue weighted by Crippen LogP contribution is -2.38. The summed E-state index contributed by atoms with van der Waals surface area (Å²) in [6.07, 6.45) is 0.281. The number of amides is 1. The summed E-state index contributed by atoms with van der Waals surface area (Å²) in [6, 6.07) is 26.4. The molecule has 0 spiro atoms. The molecule has 3 aromatic rings. The van der Waals surface area contributed by atoms with Crippen molar-refractivity contribution in [1.29, 1.82) is 0 Å². The van der Waals surface area contributed by atoms with Crippen molar-refractivity contribution >= 4 is 17.8 Å². The Hall–Kier alpha value is -4.13. The largest absolute Gasteiger partial charge is 0.493 e. The second-order valence-corrected chi connectivity index (χ2v) is 7.97. The van der Waals surface area contributed by atoms with Gasteiger partial charge in [0.25, 0.3) is 0 Å². The van der Waals surface area contributed by atoms with Crippen molar-refractivity contribution in [3.8, 4) is 16.9 Å². The molecule has 7 heteroatoms. The molecule has 0 aromatic heterocycles. The Bertz CT molecular complexity index is 1080. The molecule has 34 heavy (non-hydrogen) atoms. The summed E-state index contributed by atoms with van der Waals surface area (Å²) in [7, 11) is 0. The van der Waals surface area contributed by atoms with Crippen molar-refractivity contribution in [2.24, 2.45) is 11.8 Å². The summed E-state index contributed by atoms with van der Waals surface area (Å²) in [6.45, 7) is -0.629. The average Bonchev–Trinajstić information content (AvgIpc) is 2.85. The van der Waals surface area contributed by atoms with Gasteiger partial charge in [0.15, 0.2) is 0 Å². The molecule has 2 atom stereocenters. The van der Waals surface area contributed by atoms with Crippen LogP contribution in [0.2, 0.25) is 0 Å². The Kier molecular flexibility index (Phi) is 8.80. The van der Waals surface area contributed by atoms with Crippen LogP contribution in [-0.2, 0) is 20.8 Å². The Morgan fingerprint density at radius 2 is 1.35 bits per heavy atom. The lowest BCUT2D eigenvalue weighted by atomic mass is 9.88. The van der Waals surface area contributed by atoms with Crippen LogP contribution in [0.25, 0.3) is 11.1 Å². The summed E-state index contributed by atoms with van der Waals surface area (Å²) in [5, 5.41) is 21.0. The number of carbonyl (C=O) groups excluding carboxylic acids is 1. The van der Waals surface area contributed by atoms with Crippen molar-refractivity contribution in [3.63, 3.8) is 0 Å². The summed E-state index contributed by atoms with van der Waals surface area (Å²) in [5.41, 5.74) is 2.94. The molecule has 3 aromatic carbocycles. The topological polar surface area (TPSA) is 113 Å². The molecule has 0 saturated heterocycles. The van der Waals surface area contributed by atoms with Gasteiger partial charge in [0.1, 0.15) is 18.9 Å². The predicted octanol–water partition coefficient (Wildman–Crippen LogP) is 3.88. The maximum absolute atomic E-state index is 12.8. The van der Waals surface area contributed by atoms with E-state index >= 15 is 0 Å². The van der Waals surface area contributed by atoms with Gasteiger partial charge >= 0.3 is 11.9 Å². The minimum atomic E-state index is -1.17. The highest BCUT2D eigenvalue weighted by Gasteiger charge is 2.28. The summed E-state index contributed by atoms with van der Waals surface area (Å²) in [4.78, 5) is 35.6. The Labute approximate surface area is 198 Å². The number of para-hydroxylation sites is 1. The van der Waals surface area contributed by atoms with Gasteiger partial charge in [-0.25, -0.2) is 0 Å². The van der Waals surface area contributed by atoms with E-state index in [9.17, 15) is 19.5 Å². The van der Waals surface area contributed by atoms with Crippen LogP contribution in [0, 0.1) is 11.8 Å². The first-order valence-corrected chi connectivity index (χ1v) is 11.0. The van der Waals surface area contributed by atoms with E-state index in [1.54, 1.807) is 24.3 Å². The van der Waals surface area contributed by atoms with E-state index in [1.165, 1.54) is 0 Å². The van der Waals surface area contributed by atoms with Gasteiger partial charge in [0.05, 0.1) is 5.92 Å². The average molecular weight is 462 g/mol. The zero-order valence-electron chi connectivity index (χ0n) is 18.6. The minimum absolute atomic E-state index is 0.00799. The van der Waals surface area contributed by atoms with Crippen LogP contribution < -0.4 is 10.1 Å². The smallest absolute Gasteiger partial charge is 0.322 e. The first-order chi connectivity index (χ1) is 16.4. The highest BCUT2D eigenvalue weighted by molar-refractivity contribution is 5.83. The number of carboxylic acids is 2. The summed E-state index contributed by atoms with van der Waals surface area (Å²) >= 11 is 0. The third-order valence-corrected chi connectivity index (χ3v) is 5.44. The van der Waals surface area contributed by atoms with Crippen LogP contribution in [-0.4, -0.2) is 41.2 Å². The van der Waals surface area contributed by atoms with Crippen LogP contribution in [0.4, 0.5) is 0 Å². The van der Waals surface area contributed by atoms with Gasteiger partial charge in [0, 0.05) is 5.92 Å². The third kappa shape index (κ3) is 7.48. The van der Waals surface area contributed by atoms with E-state index in [0.29, 0.717) is 5.75 Å². The molecule has 1 amide bonds. The molecule has 0 unspecified atom stereocenters. The maximum Gasteiger partial charge on any atom is 0.322 e. The molecule has 0 aliphatic rings. The lowest BCUT2D eigenvalue weighted by molar-refractivity contribution is -0.144. The number of hydrogen-bond acceptors (Lipinski definition) is 4. The zero-order chi connectivity index (χ0) is 24.3. The monoisotopic (exact) mass is 461 g/mol. The molecule has 0 saturated carbocycles. The first-order valence-electron chi connectivity index (χ1n) is 11.0. The van der Waals surface area contributed by atoms with Gasteiger partial charge in [-0.05, 0) is 41.7 Å². The fourth-order valence-electron chi connectivity index (χ4n) is 3.64. The molecule has 176 valence electrons. The molecule has 3 rings (SSSR count). The molecule has 0 aliphatic carbocycles. The van der Waals surface area contributed by atoms with Crippen LogP contribution in [0.1, 0.15) is 12.0 Å². The normalized spacial score (nSPS) is 12.4. The molecule has 0 bridgehead atoms. The van der Waals surface area contributed by atoms with E-state index in [1.807, 2.05) is 60.7 Å². The van der Waals surface area contributed by atoms with Gasteiger partial charge in [0.2, 0.25) is 5.91 Å². The van der Waals surface area contributed by atoms with Gasteiger partial charge in [-0.2, -0.15) is 0 Å². The second kappa shape index (κ2) is 12.2. The molecular formula is C27H27NO6. The van der Waals surface area contributed by atoms with Crippen LogP contribution in [0.3, 0.4) is 0 Å². The highest BCUT2D eigenvalue weighted by Crippen LogP contribution is 2.23. The van der Waals surface area contributed by atoms with Gasteiger partial charge < -0.3 is 20.3 Å². The Balaban J connectivity index is 1.73. The fraction of sp³-hybridized carbons (Fsp3) is 0.222. The van der Waals surface area contributed by atoms with Gasteiger partial charge in [-0.1, -0.05) is 72.8 Å². The van der Waals surface area contributed by atoms with Crippen LogP contribution in [0.5, 0.6) is 5.75 Å². The number of hydrogen-bond donors (Lipinski definition) is 3. The van der Waals surface area contributed by atoms with Crippen molar-refractivity contribution in [1.82, 2.24) is 5.32 Å². The van der Waals surface area contributed by atoms with Crippen molar-refractivity contribution in [2.45, 2.75) is 12.8 Å². The lowest BCUT2D eigenvalue weighted by Gasteiger charge is -2.21. The zero-order valence-corrected chi connectivity index (χ0v) is 18.6. The van der Waals surface area contributed by atoms with E-state index in [4.69, 9.17) is 9.84 Å². The van der Waals surface area contributed by atoms with E-state index < -0.39 is 36.2 Å². The first kappa shape index (κ1) is 24.5. The third-order valence-electron chi connectivity index (χ3n) is 5.44. The molecule has 3 N–H and O–H groups in total. The van der Waals surface area contributed by atoms with Crippen LogP contribution in [0.15, 0.2) is 84.9 Å². The molecule has 0 radical (unpaired) electrons. The van der Waals surface area contributed by atoms with E-state index in [0.717, 1.165) is 16.7 Å². The van der Waals surface area contributed by atoms with Crippen molar-refractivity contribution < 1.29 is 29.3 Å². The van der Waals surface area contributed by atoms with Gasteiger partial charge in [-0.3, -0.25) is 14.4 Å². The number of carboxylic acid groups (broad SMARTS) is 2. The standard InChI is InChI=1S/C27H27NO6/c29-25(30)17-28-26(31)22(16-23(27(32)33)18-34-24-9-5-2-6-10-24)15-19-11-13-21(14-12-19)20-7-3-1-4-8-20/h1-14,22-23H,15-18H2,(H,28,31)(H,29,30)(H,32,33)/t22-,23+/m1/s1. The van der Waals surface area contributed by atoms with Crippen molar-refractivity contribution in [2.75, 3.05) is 13.2 Å². The Morgan fingerprint density at radius 1 is 0.765 bits per heavy atom. The van der Waals surface area contributed by atoms with Crippen molar-refractivity contribution in [3.05, 3.63) is 90.5 Å². The molecule has 0 fully saturated rings. The number of carbonyl (C=O) groups is 3. The van der Waals surface area contributed by atoms with E-state index in [2.05, 4.69) is 5.32 Å². The number of ether oxygens (including phenoxy) is 1. The predicted molar refractivity (Wildman–Crippen MR) is 127 cm³/mol. The fourth-order valence-corrected chi connectivity index (χ4v) is 3.64. The summed E-state index contributed by atoms with van der Waals surface area (Å²) < 4.78 is 5.62. The van der Waals surface area contributed by atoms with Gasteiger partial charge in [-0.15, -0.1) is 0 Å². The van der Waals surface area contributed by atoms with Crippen LogP contribution >= 0.6 is 0 Å². The number of rotatable bonds is 12. The molecule has 7 nitrogen and oxygen atoms in total. The summed E-state index contributed by atoms with van der Waals surface area (Å²) in [5.74, 6) is -3.88. The quantitative estimate of drug-likeness (QED) is 0.377.